The van der Waals surface area contributed by atoms with Crippen LogP contribution in [0.5, 0.6) is 0 Å². The number of hydrogen-bond donors (Lipinski definition) is 1. The first-order valence-corrected chi connectivity index (χ1v) is 7.02. The minimum atomic E-state index is 0.0642. The van der Waals surface area contributed by atoms with E-state index in [1.54, 1.807) is 0 Å². The van der Waals surface area contributed by atoms with E-state index < -0.39 is 0 Å². The number of benzene rings is 1. The van der Waals surface area contributed by atoms with Gasteiger partial charge in [0.1, 0.15) is 0 Å². The lowest BCUT2D eigenvalue weighted by Gasteiger charge is -2.25. The van der Waals surface area contributed by atoms with Crippen LogP contribution in [0.2, 0.25) is 0 Å². The number of aryl methyl sites for hydroxylation is 2. The van der Waals surface area contributed by atoms with Crippen molar-refractivity contribution in [3.05, 3.63) is 58.9 Å². The van der Waals surface area contributed by atoms with Gasteiger partial charge in [-0.3, -0.25) is 4.98 Å². The molecule has 1 heterocycles. The summed E-state index contributed by atoms with van der Waals surface area (Å²) >= 11 is 0. The van der Waals surface area contributed by atoms with E-state index in [0.29, 0.717) is 0 Å². The number of rotatable bonds is 5. The molecule has 0 unspecified atom stereocenters. The fourth-order valence-corrected chi connectivity index (χ4v) is 2.40. The van der Waals surface area contributed by atoms with Crippen molar-refractivity contribution in [3.63, 3.8) is 0 Å². The average molecular weight is 270 g/mol. The Bertz CT molecular complexity index is 581. The predicted octanol–water partition coefficient (Wildman–Crippen LogP) is 3.22. The highest BCUT2D eigenvalue weighted by molar-refractivity contribution is 5.54. The van der Waals surface area contributed by atoms with Crippen LogP contribution in [0.3, 0.4) is 0 Å². The molecule has 1 N–H and O–H groups in total. The average Bonchev–Trinajstić information content (AvgIpc) is 2.45. The molecule has 1 aromatic heterocycles. The van der Waals surface area contributed by atoms with Gasteiger partial charge in [0.15, 0.2) is 0 Å². The quantitative estimate of drug-likeness (QED) is 0.906. The van der Waals surface area contributed by atoms with Gasteiger partial charge in [-0.05, 0) is 39.0 Å². The Kier molecular flexibility index (Phi) is 4.74. The summed E-state index contributed by atoms with van der Waals surface area (Å²) in [4.78, 5) is 6.80. The molecule has 2 aromatic rings. The summed E-state index contributed by atoms with van der Waals surface area (Å²) in [6.07, 6.45) is 0. The van der Waals surface area contributed by atoms with Crippen LogP contribution in [0.15, 0.2) is 36.4 Å². The van der Waals surface area contributed by atoms with Crippen LogP contribution in [0, 0.1) is 13.8 Å². The van der Waals surface area contributed by atoms with E-state index in [0.717, 1.165) is 35.7 Å². The summed E-state index contributed by atoms with van der Waals surface area (Å²) in [5.41, 5.74) is 5.31. The van der Waals surface area contributed by atoms with Gasteiger partial charge in [0.25, 0.3) is 0 Å². The molecule has 0 amide bonds. The Morgan fingerprint density at radius 3 is 2.60 bits per heavy atom. The SMILES string of the molecule is CCN(Cc1cccc(C)n1)c1ccc(C)cc1CO. The van der Waals surface area contributed by atoms with E-state index in [2.05, 4.69) is 28.9 Å². The second kappa shape index (κ2) is 6.53. The van der Waals surface area contributed by atoms with E-state index in [1.165, 1.54) is 5.56 Å². The van der Waals surface area contributed by atoms with Gasteiger partial charge in [-0.15, -0.1) is 0 Å². The highest BCUT2D eigenvalue weighted by Crippen LogP contribution is 2.23. The van der Waals surface area contributed by atoms with Crippen molar-refractivity contribution in [2.45, 2.75) is 33.9 Å². The number of aromatic nitrogens is 1. The van der Waals surface area contributed by atoms with Crippen molar-refractivity contribution in [2.24, 2.45) is 0 Å². The highest BCUT2D eigenvalue weighted by atomic mass is 16.3. The molecule has 0 bridgehead atoms. The molecule has 3 heteroatoms. The van der Waals surface area contributed by atoms with Gasteiger partial charge in [0.05, 0.1) is 18.8 Å². The summed E-state index contributed by atoms with van der Waals surface area (Å²) in [5.74, 6) is 0. The third-order valence-corrected chi connectivity index (χ3v) is 3.43. The molecule has 0 atom stereocenters. The van der Waals surface area contributed by atoms with Crippen LogP contribution >= 0.6 is 0 Å². The molecule has 0 saturated heterocycles. The highest BCUT2D eigenvalue weighted by Gasteiger charge is 2.11. The first kappa shape index (κ1) is 14.5. The van der Waals surface area contributed by atoms with Crippen LogP contribution in [0.25, 0.3) is 0 Å². The number of aliphatic hydroxyl groups excluding tert-OH is 1. The maximum absolute atomic E-state index is 9.56. The topological polar surface area (TPSA) is 36.4 Å². The van der Waals surface area contributed by atoms with E-state index in [9.17, 15) is 5.11 Å². The molecule has 0 aliphatic heterocycles. The number of nitrogens with zero attached hydrogens (tertiary/aromatic N) is 2. The largest absolute Gasteiger partial charge is 0.392 e. The number of anilines is 1. The van der Waals surface area contributed by atoms with Gasteiger partial charge in [-0.2, -0.15) is 0 Å². The lowest BCUT2D eigenvalue weighted by molar-refractivity contribution is 0.282. The van der Waals surface area contributed by atoms with E-state index >= 15 is 0 Å². The van der Waals surface area contributed by atoms with Gasteiger partial charge >= 0.3 is 0 Å². The van der Waals surface area contributed by atoms with Crippen molar-refractivity contribution >= 4 is 5.69 Å². The zero-order valence-corrected chi connectivity index (χ0v) is 12.4. The van der Waals surface area contributed by atoms with Crippen molar-refractivity contribution in [3.8, 4) is 0 Å². The van der Waals surface area contributed by atoms with E-state index in [-0.39, 0.29) is 6.61 Å². The maximum atomic E-state index is 9.56. The normalized spacial score (nSPS) is 10.6. The Morgan fingerprint density at radius 1 is 1.15 bits per heavy atom. The Labute approximate surface area is 120 Å². The summed E-state index contributed by atoms with van der Waals surface area (Å²) in [6.45, 7) is 7.87. The molecule has 2 rings (SSSR count). The van der Waals surface area contributed by atoms with Crippen LogP contribution in [0.1, 0.15) is 29.4 Å². The maximum Gasteiger partial charge on any atom is 0.0702 e. The smallest absolute Gasteiger partial charge is 0.0702 e. The molecule has 0 aliphatic rings. The zero-order chi connectivity index (χ0) is 14.5. The second-order valence-corrected chi connectivity index (χ2v) is 5.07. The van der Waals surface area contributed by atoms with Gasteiger partial charge in [-0.1, -0.05) is 23.8 Å². The van der Waals surface area contributed by atoms with Gasteiger partial charge in [0, 0.05) is 23.5 Å². The molecule has 106 valence electrons. The van der Waals surface area contributed by atoms with Crippen LogP contribution in [0.4, 0.5) is 5.69 Å². The molecular weight excluding hydrogens is 248 g/mol. The number of aliphatic hydroxyl groups is 1. The molecular formula is C17H22N2O. The molecule has 0 aliphatic carbocycles. The Morgan fingerprint density at radius 2 is 1.95 bits per heavy atom. The summed E-state index contributed by atoms with van der Waals surface area (Å²) in [5, 5.41) is 9.56. The molecule has 1 aromatic carbocycles. The van der Waals surface area contributed by atoms with Crippen LogP contribution in [-0.4, -0.2) is 16.6 Å². The molecule has 0 spiro atoms. The Hall–Kier alpha value is -1.87. The predicted molar refractivity (Wildman–Crippen MR) is 82.8 cm³/mol. The fraction of sp³-hybridized carbons (Fsp3) is 0.353. The van der Waals surface area contributed by atoms with Gasteiger partial charge in [0.2, 0.25) is 0 Å². The summed E-state index contributed by atoms with van der Waals surface area (Å²) in [6, 6.07) is 12.3. The molecule has 20 heavy (non-hydrogen) atoms. The van der Waals surface area contributed by atoms with Gasteiger partial charge in [-0.25, -0.2) is 0 Å². The molecule has 0 radical (unpaired) electrons. The second-order valence-electron chi connectivity index (χ2n) is 5.07. The lowest BCUT2D eigenvalue weighted by atomic mass is 10.1. The fourth-order valence-electron chi connectivity index (χ4n) is 2.40. The molecule has 0 saturated carbocycles. The molecule has 0 fully saturated rings. The summed E-state index contributed by atoms with van der Waals surface area (Å²) < 4.78 is 0. The first-order chi connectivity index (χ1) is 9.63. The van der Waals surface area contributed by atoms with Crippen LogP contribution in [-0.2, 0) is 13.2 Å². The minimum absolute atomic E-state index is 0.0642. The molecule has 3 nitrogen and oxygen atoms in total. The lowest BCUT2D eigenvalue weighted by Crippen LogP contribution is -2.24. The first-order valence-electron chi connectivity index (χ1n) is 7.02. The Balaban J connectivity index is 2.28. The number of hydrogen-bond acceptors (Lipinski definition) is 3. The van der Waals surface area contributed by atoms with Crippen molar-refractivity contribution < 1.29 is 5.11 Å². The zero-order valence-electron chi connectivity index (χ0n) is 12.4. The van der Waals surface area contributed by atoms with E-state index in [4.69, 9.17) is 0 Å². The number of pyridine rings is 1. The van der Waals surface area contributed by atoms with Crippen molar-refractivity contribution in [2.75, 3.05) is 11.4 Å². The van der Waals surface area contributed by atoms with Crippen molar-refractivity contribution in [1.82, 2.24) is 4.98 Å². The standard InChI is InChI=1S/C17H22N2O/c1-4-19(11-16-7-5-6-14(3)18-16)17-9-8-13(2)10-15(17)12-20/h5-10,20H,4,11-12H2,1-3H3. The van der Waals surface area contributed by atoms with Crippen molar-refractivity contribution in [1.29, 1.82) is 0 Å². The third kappa shape index (κ3) is 3.36. The third-order valence-electron chi connectivity index (χ3n) is 3.43. The monoisotopic (exact) mass is 270 g/mol. The van der Waals surface area contributed by atoms with E-state index in [1.807, 2.05) is 38.1 Å². The van der Waals surface area contributed by atoms with Crippen LogP contribution < -0.4 is 4.90 Å². The summed E-state index contributed by atoms with van der Waals surface area (Å²) in [7, 11) is 0. The van der Waals surface area contributed by atoms with Gasteiger partial charge < -0.3 is 10.0 Å². The minimum Gasteiger partial charge on any atom is -0.392 e.